The number of rotatable bonds is 8. The molecule has 3 amide bonds. The quantitative estimate of drug-likeness (QED) is 0.591. The fraction of sp³-hybridized carbons (Fsp3) is 0.379. The molecule has 0 saturated carbocycles. The fourth-order valence-electron chi connectivity index (χ4n) is 4.79. The standard InChI is InChI=1S/C29H34N4O3/c1-3-13-32(14-4-2)29(36)24-17-23-12-11-22(18-25(23)31-26(19-24)27(30)34)20-7-9-21(10-8-20)28(35)33-15-5-6-16-33/h7-12,17-18H,3-6,13-16,19H2,1-2H3,(H2,30,34). The Bertz CT molecular complexity index is 1200. The molecule has 188 valence electrons. The Morgan fingerprint density at radius 2 is 1.58 bits per heavy atom. The average molecular weight is 487 g/mol. The van der Waals surface area contributed by atoms with E-state index in [0.717, 1.165) is 55.5 Å². The zero-order valence-corrected chi connectivity index (χ0v) is 21.1. The summed E-state index contributed by atoms with van der Waals surface area (Å²) in [7, 11) is 0. The van der Waals surface area contributed by atoms with E-state index in [1.807, 2.05) is 72.2 Å². The van der Waals surface area contributed by atoms with Gasteiger partial charge in [-0.15, -0.1) is 0 Å². The number of benzene rings is 2. The van der Waals surface area contributed by atoms with Gasteiger partial charge in [-0.05, 0) is 61.1 Å². The van der Waals surface area contributed by atoms with Gasteiger partial charge in [0, 0.05) is 49.3 Å². The summed E-state index contributed by atoms with van der Waals surface area (Å²) >= 11 is 0. The van der Waals surface area contributed by atoms with E-state index in [0.29, 0.717) is 29.9 Å². The van der Waals surface area contributed by atoms with Crippen molar-refractivity contribution in [3.63, 3.8) is 0 Å². The monoisotopic (exact) mass is 486 g/mol. The number of likely N-dealkylation sites (tertiary alicyclic amines) is 1. The van der Waals surface area contributed by atoms with E-state index in [1.54, 1.807) is 0 Å². The average Bonchev–Trinajstić information content (AvgIpc) is 3.35. The van der Waals surface area contributed by atoms with Gasteiger partial charge in [0.25, 0.3) is 11.8 Å². The van der Waals surface area contributed by atoms with Crippen molar-refractivity contribution in [3.05, 3.63) is 59.2 Å². The first-order chi connectivity index (χ1) is 17.4. The molecule has 0 atom stereocenters. The van der Waals surface area contributed by atoms with E-state index in [-0.39, 0.29) is 23.9 Å². The van der Waals surface area contributed by atoms with Crippen molar-refractivity contribution in [2.75, 3.05) is 26.2 Å². The Hall–Kier alpha value is -3.74. The molecule has 4 rings (SSSR count). The van der Waals surface area contributed by atoms with Crippen LogP contribution in [0.2, 0.25) is 0 Å². The molecule has 2 aliphatic rings. The minimum atomic E-state index is -0.630. The summed E-state index contributed by atoms with van der Waals surface area (Å²) in [5.74, 6) is -0.642. The first-order valence-corrected chi connectivity index (χ1v) is 12.8. The number of hydrogen-bond donors (Lipinski definition) is 1. The zero-order valence-electron chi connectivity index (χ0n) is 21.1. The van der Waals surface area contributed by atoms with Gasteiger partial charge in [-0.1, -0.05) is 38.1 Å². The summed E-state index contributed by atoms with van der Waals surface area (Å²) in [6.07, 6.45) is 5.77. The Balaban J connectivity index is 1.65. The molecule has 0 radical (unpaired) electrons. The molecule has 2 N–H and O–H groups in total. The van der Waals surface area contributed by atoms with Gasteiger partial charge in [0.2, 0.25) is 5.91 Å². The minimum absolute atomic E-state index is 0.0687. The molecule has 2 aromatic rings. The predicted molar refractivity (Wildman–Crippen MR) is 143 cm³/mol. The predicted octanol–water partition coefficient (Wildman–Crippen LogP) is 4.58. The van der Waals surface area contributed by atoms with Crippen molar-refractivity contribution in [1.82, 2.24) is 9.80 Å². The maximum absolute atomic E-state index is 13.3. The Morgan fingerprint density at radius 1 is 0.944 bits per heavy atom. The number of nitrogens with two attached hydrogens (primary N) is 1. The molecule has 7 heteroatoms. The summed E-state index contributed by atoms with van der Waals surface area (Å²) in [6, 6.07) is 13.3. The van der Waals surface area contributed by atoms with Crippen molar-refractivity contribution in [3.8, 4) is 11.1 Å². The molecule has 7 nitrogen and oxygen atoms in total. The van der Waals surface area contributed by atoms with Gasteiger partial charge in [-0.2, -0.15) is 0 Å². The number of fused-ring (bicyclic) bond motifs is 1. The molecule has 2 aliphatic heterocycles. The van der Waals surface area contributed by atoms with Gasteiger partial charge in [0.1, 0.15) is 5.71 Å². The van der Waals surface area contributed by atoms with Crippen LogP contribution >= 0.6 is 0 Å². The molecule has 1 saturated heterocycles. The number of carbonyl (C=O) groups excluding carboxylic acids is 3. The van der Waals surface area contributed by atoms with Crippen molar-refractivity contribution in [2.24, 2.45) is 10.7 Å². The van der Waals surface area contributed by atoms with Gasteiger partial charge in [0.15, 0.2) is 0 Å². The lowest BCUT2D eigenvalue weighted by atomic mass is 9.99. The highest BCUT2D eigenvalue weighted by molar-refractivity contribution is 6.40. The smallest absolute Gasteiger partial charge is 0.263 e. The van der Waals surface area contributed by atoms with Gasteiger partial charge in [0.05, 0.1) is 5.69 Å². The molecule has 2 aromatic carbocycles. The van der Waals surface area contributed by atoms with Crippen LogP contribution in [0.3, 0.4) is 0 Å². The van der Waals surface area contributed by atoms with Crippen molar-refractivity contribution in [2.45, 2.75) is 46.0 Å². The lowest BCUT2D eigenvalue weighted by Crippen LogP contribution is -2.35. The summed E-state index contributed by atoms with van der Waals surface area (Å²) in [5.41, 5.74) is 10.2. The highest BCUT2D eigenvalue weighted by Gasteiger charge is 2.24. The van der Waals surface area contributed by atoms with Gasteiger partial charge in [-0.25, -0.2) is 4.99 Å². The van der Waals surface area contributed by atoms with Crippen LogP contribution in [0.5, 0.6) is 0 Å². The van der Waals surface area contributed by atoms with Crippen LogP contribution in [-0.2, 0) is 9.59 Å². The van der Waals surface area contributed by atoms with Crippen LogP contribution in [0.25, 0.3) is 17.2 Å². The second-order valence-electron chi connectivity index (χ2n) is 9.41. The van der Waals surface area contributed by atoms with Crippen LogP contribution in [0.15, 0.2) is 53.0 Å². The number of amides is 3. The normalized spacial score (nSPS) is 15.0. The van der Waals surface area contributed by atoms with Gasteiger partial charge in [-0.3, -0.25) is 14.4 Å². The van der Waals surface area contributed by atoms with Crippen LogP contribution in [0.1, 0.15) is 61.9 Å². The Kier molecular flexibility index (Phi) is 7.98. The van der Waals surface area contributed by atoms with Crippen molar-refractivity contribution in [1.29, 1.82) is 0 Å². The van der Waals surface area contributed by atoms with Crippen molar-refractivity contribution < 1.29 is 14.4 Å². The molecule has 0 spiro atoms. The lowest BCUT2D eigenvalue weighted by Gasteiger charge is -2.22. The largest absolute Gasteiger partial charge is 0.365 e. The number of primary amides is 1. The highest BCUT2D eigenvalue weighted by Crippen LogP contribution is 2.33. The van der Waals surface area contributed by atoms with Crippen LogP contribution in [-0.4, -0.2) is 59.4 Å². The van der Waals surface area contributed by atoms with E-state index < -0.39 is 5.91 Å². The summed E-state index contributed by atoms with van der Waals surface area (Å²) < 4.78 is 0. The number of nitrogens with zero attached hydrogens (tertiary/aromatic N) is 3. The van der Waals surface area contributed by atoms with E-state index in [2.05, 4.69) is 4.99 Å². The molecule has 0 unspecified atom stereocenters. The molecular formula is C29H34N4O3. The minimum Gasteiger partial charge on any atom is -0.365 e. The Labute approximate surface area is 212 Å². The molecule has 0 aromatic heterocycles. The second-order valence-corrected chi connectivity index (χ2v) is 9.41. The van der Waals surface area contributed by atoms with E-state index in [9.17, 15) is 14.4 Å². The Morgan fingerprint density at radius 3 is 2.19 bits per heavy atom. The molecule has 36 heavy (non-hydrogen) atoms. The fourth-order valence-corrected chi connectivity index (χ4v) is 4.79. The first-order valence-electron chi connectivity index (χ1n) is 12.8. The summed E-state index contributed by atoms with van der Waals surface area (Å²) in [6.45, 7) is 7.04. The maximum Gasteiger partial charge on any atom is 0.263 e. The number of hydrogen-bond acceptors (Lipinski definition) is 4. The highest BCUT2D eigenvalue weighted by atomic mass is 16.2. The lowest BCUT2D eigenvalue weighted by molar-refractivity contribution is -0.127. The first kappa shape index (κ1) is 25.4. The third-order valence-corrected chi connectivity index (χ3v) is 6.67. The number of aliphatic imine (C=N–C) groups is 1. The van der Waals surface area contributed by atoms with Crippen LogP contribution < -0.4 is 5.73 Å². The number of carbonyl (C=O) groups is 3. The maximum atomic E-state index is 13.3. The summed E-state index contributed by atoms with van der Waals surface area (Å²) in [4.78, 5) is 46.4. The van der Waals surface area contributed by atoms with Gasteiger partial charge >= 0.3 is 0 Å². The second kappa shape index (κ2) is 11.3. The summed E-state index contributed by atoms with van der Waals surface area (Å²) in [5, 5.41) is 0. The van der Waals surface area contributed by atoms with E-state index in [4.69, 9.17) is 5.73 Å². The SMILES string of the molecule is CCCN(CCC)C(=O)C1=Cc2ccc(-c3ccc(C(=O)N4CCCC4)cc3)cc2N=C(C(N)=O)C1. The van der Waals surface area contributed by atoms with Crippen LogP contribution in [0.4, 0.5) is 5.69 Å². The van der Waals surface area contributed by atoms with E-state index >= 15 is 0 Å². The van der Waals surface area contributed by atoms with Crippen molar-refractivity contribution >= 4 is 35.2 Å². The van der Waals surface area contributed by atoms with E-state index in [1.165, 1.54) is 0 Å². The molecule has 0 aliphatic carbocycles. The zero-order chi connectivity index (χ0) is 25.7. The third-order valence-electron chi connectivity index (χ3n) is 6.67. The molecule has 0 bridgehead atoms. The molecule has 2 heterocycles. The molecular weight excluding hydrogens is 452 g/mol. The molecule has 1 fully saturated rings. The third kappa shape index (κ3) is 5.56. The van der Waals surface area contributed by atoms with Gasteiger partial charge < -0.3 is 15.5 Å². The van der Waals surface area contributed by atoms with Crippen LogP contribution in [0, 0.1) is 0 Å². The topological polar surface area (TPSA) is 96.1 Å².